The monoisotopic (exact) mass is 320 g/mol. The van der Waals surface area contributed by atoms with Gasteiger partial charge in [0.05, 0.1) is 19.1 Å². The van der Waals surface area contributed by atoms with E-state index in [2.05, 4.69) is 0 Å². The van der Waals surface area contributed by atoms with E-state index < -0.39 is 10.0 Å². The van der Waals surface area contributed by atoms with Gasteiger partial charge in [0, 0.05) is 30.5 Å². The van der Waals surface area contributed by atoms with Crippen LogP contribution in [-0.4, -0.2) is 43.1 Å². The zero-order valence-electron chi connectivity index (χ0n) is 12.0. The molecular formula is C13H21ClN2O3S. The summed E-state index contributed by atoms with van der Waals surface area (Å²) in [5, 5.41) is 0. The Bertz CT molecular complexity index is 568. The molecule has 0 spiro atoms. The number of nitrogens with zero attached hydrogens (tertiary/aromatic N) is 2. The van der Waals surface area contributed by atoms with Crippen LogP contribution in [0.15, 0.2) is 17.2 Å². The summed E-state index contributed by atoms with van der Waals surface area (Å²) in [6, 6.07) is 1.70. The van der Waals surface area contributed by atoms with Crippen molar-refractivity contribution in [3.05, 3.63) is 18.0 Å². The van der Waals surface area contributed by atoms with Crippen LogP contribution in [0.3, 0.4) is 0 Å². The minimum atomic E-state index is -3.48. The largest absolute Gasteiger partial charge is 0.378 e. The van der Waals surface area contributed by atoms with Crippen molar-refractivity contribution in [3.63, 3.8) is 0 Å². The summed E-state index contributed by atoms with van der Waals surface area (Å²) >= 11 is 5.90. The van der Waals surface area contributed by atoms with Gasteiger partial charge < -0.3 is 9.30 Å². The fraction of sp³-hybridized carbons (Fsp3) is 0.692. The Morgan fingerprint density at radius 2 is 2.20 bits per heavy atom. The minimum Gasteiger partial charge on any atom is -0.378 e. The van der Waals surface area contributed by atoms with E-state index in [-0.39, 0.29) is 12.1 Å². The van der Waals surface area contributed by atoms with Gasteiger partial charge >= 0.3 is 0 Å². The molecule has 1 aliphatic heterocycles. The lowest BCUT2D eigenvalue weighted by Gasteiger charge is -2.31. The molecule has 1 aliphatic rings. The van der Waals surface area contributed by atoms with Crippen molar-refractivity contribution in [2.24, 2.45) is 0 Å². The Hall–Kier alpha value is -0.560. The number of alkyl halides is 1. The van der Waals surface area contributed by atoms with Crippen LogP contribution in [0.5, 0.6) is 0 Å². The average molecular weight is 321 g/mol. The third-order valence-corrected chi connectivity index (χ3v) is 5.77. The first kappa shape index (κ1) is 15.8. The Labute approximate surface area is 125 Å². The van der Waals surface area contributed by atoms with Crippen molar-refractivity contribution in [1.29, 1.82) is 0 Å². The fourth-order valence-electron chi connectivity index (χ4n) is 2.43. The first-order chi connectivity index (χ1) is 9.37. The number of ether oxygens (including phenoxy) is 1. The Morgan fingerprint density at radius 1 is 1.50 bits per heavy atom. The van der Waals surface area contributed by atoms with Gasteiger partial charge in [0.1, 0.15) is 4.90 Å². The Kier molecular flexibility index (Phi) is 4.79. The molecule has 1 aromatic rings. The topological polar surface area (TPSA) is 51.5 Å². The van der Waals surface area contributed by atoms with Crippen molar-refractivity contribution in [3.8, 4) is 0 Å². The van der Waals surface area contributed by atoms with Crippen LogP contribution in [0.4, 0.5) is 0 Å². The third-order valence-electron chi connectivity index (χ3n) is 3.51. The summed E-state index contributed by atoms with van der Waals surface area (Å²) in [6.45, 7) is 7.14. The molecule has 0 aliphatic carbocycles. The summed E-state index contributed by atoms with van der Waals surface area (Å²) in [7, 11) is -3.48. The molecular weight excluding hydrogens is 300 g/mol. The van der Waals surface area contributed by atoms with Crippen molar-refractivity contribution < 1.29 is 13.2 Å². The highest BCUT2D eigenvalue weighted by Crippen LogP contribution is 2.25. The highest BCUT2D eigenvalue weighted by molar-refractivity contribution is 7.89. The molecule has 2 rings (SSSR count). The predicted molar refractivity (Wildman–Crippen MR) is 78.5 cm³/mol. The number of hydrogen-bond donors (Lipinski definition) is 0. The molecule has 1 aromatic heterocycles. The Morgan fingerprint density at radius 3 is 2.70 bits per heavy atom. The van der Waals surface area contributed by atoms with E-state index in [4.69, 9.17) is 16.3 Å². The zero-order chi connectivity index (χ0) is 14.9. The smallest absolute Gasteiger partial charge is 0.244 e. The molecule has 1 unspecified atom stereocenters. The van der Waals surface area contributed by atoms with Gasteiger partial charge in [0.2, 0.25) is 10.0 Å². The summed E-state index contributed by atoms with van der Waals surface area (Å²) in [4.78, 5) is 0.315. The SMILES string of the molecule is CC1COCCN1S(=O)(=O)c1cc(CCl)n(C(C)C)c1. The molecule has 1 atom stereocenters. The second kappa shape index (κ2) is 6.05. The molecule has 0 bridgehead atoms. The molecule has 114 valence electrons. The van der Waals surface area contributed by atoms with Crippen LogP contribution < -0.4 is 0 Å². The third kappa shape index (κ3) is 2.88. The number of sulfonamides is 1. The lowest BCUT2D eigenvalue weighted by Crippen LogP contribution is -2.46. The first-order valence-corrected chi connectivity index (χ1v) is 8.71. The standard InChI is InChI=1S/C13H21ClN2O3S/c1-10(2)15-8-13(6-12(15)7-14)20(17,18)16-4-5-19-9-11(16)3/h6,8,10-11H,4-5,7,9H2,1-3H3. The second-order valence-electron chi connectivity index (χ2n) is 5.34. The van der Waals surface area contributed by atoms with E-state index in [9.17, 15) is 8.42 Å². The van der Waals surface area contributed by atoms with Gasteiger partial charge in [-0.3, -0.25) is 0 Å². The van der Waals surface area contributed by atoms with Gasteiger partial charge in [-0.2, -0.15) is 4.31 Å². The van der Waals surface area contributed by atoms with Crippen LogP contribution in [-0.2, 0) is 20.6 Å². The van der Waals surface area contributed by atoms with E-state index in [0.717, 1.165) is 5.69 Å². The molecule has 7 heteroatoms. The number of aromatic nitrogens is 1. The lowest BCUT2D eigenvalue weighted by molar-refractivity contribution is 0.0393. The highest BCUT2D eigenvalue weighted by atomic mass is 35.5. The quantitative estimate of drug-likeness (QED) is 0.799. The number of morpholine rings is 1. The van der Waals surface area contributed by atoms with Gasteiger partial charge in [-0.05, 0) is 26.8 Å². The van der Waals surface area contributed by atoms with Crippen molar-refractivity contribution in [2.75, 3.05) is 19.8 Å². The normalized spacial score (nSPS) is 21.6. The molecule has 0 radical (unpaired) electrons. The molecule has 0 amide bonds. The summed E-state index contributed by atoms with van der Waals surface area (Å²) in [5.41, 5.74) is 0.821. The van der Waals surface area contributed by atoms with E-state index in [0.29, 0.717) is 30.5 Å². The van der Waals surface area contributed by atoms with Gasteiger partial charge in [-0.25, -0.2) is 8.42 Å². The van der Waals surface area contributed by atoms with E-state index in [1.54, 1.807) is 12.3 Å². The Balaban J connectivity index is 2.39. The van der Waals surface area contributed by atoms with Crippen molar-refractivity contribution in [1.82, 2.24) is 8.87 Å². The van der Waals surface area contributed by atoms with Gasteiger partial charge in [0.25, 0.3) is 0 Å². The van der Waals surface area contributed by atoms with Crippen LogP contribution >= 0.6 is 11.6 Å². The maximum Gasteiger partial charge on any atom is 0.244 e. The molecule has 0 aromatic carbocycles. The average Bonchev–Trinajstić information content (AvgIpc) is 2.84. The predicted octanol–water partition coefficient (Wildman–Crippen LogP) is 2.22. The van der Waals surface area contributed by atoms with Gasteiger partial charge in [-0.15, -0.1) is 11.6 Å². The van der Waals surface area contributed by atoms with Crippen LogP contribution in [0.2, 0.25) is 0 Å². The van der Waals surface area contributed by atoms with Crippen LogP contribution in [0, 0.1) is 0 Å². The van der Waals surface area contributed by atoms with E-state index in [1.165, 1.54) is 4.31 Å². The highest BCUT2D eigenvalue weighted by Gasteiger charge is 2.32. The number of hydrogen-bond acceptors (Lipinski definition) is 3. The van der Waals surface area contributed by atoms with Crippen molar-refractivity contribution >= 4 is 21.6 Å². The zero-order valence-corrected chi connectivity index (χ0v) is 13.6. The lowest BCUT2D eigenvalue weighted by atomic mass is 10.3. The van der Waals surface area contributed by atoms with E-state index >= 15 is 0 Å². The maximum atomic E-state index is 12.7. The fourth-order valence-corrected chi connectivity index (χ4v) is 4.30. The summed E-state index contributed by atoms with van der Waals surface area (Å²) in [6.07, 6.45) is 1.68. The second-order valence-corrected chi connectivity index (χ2v) is 7.50. The maximum absolute atomic E-state index is 12.7. The minimum absolute atomic E-state index is 0.143. The van der Waals surface area contributed by atoms with Gasteiger partial charge in [0.15, 0.2) is 0 Å². The molecule has 20 heavy (non-hydrogen) atoms. The number of rotatable bonds is 4. The van der Waals surface area contributed by atoms with Crippen LogP contribution in [0.1, 0.15) is 32.5 Å². The molecule has 1 fully saturated rings. The summed E-state index contributed by atoms with van der Waals surface area (Å²) < 4.78 is 34.1. The molecule has 2 heterocycles. The molecule has 0 N–H and O–H groups in total. The molecule has 0 saturated carbocycles. The molecule has 5 nitrogen and oxygen atoms in total. The summed E-state index contributed by atoms with van der Waals surface area (Å²) in [5.74, 6) is 0.298. The molecule has 1 saturated heterocycles. The first-order valence-electron chi connectivity index (χ1n) is 6.74. The van der Waals surface area contributed by atoms with E-state index in [1.807, 2.05) is 25.3 Å². The number of halogens is 1. The van der Waals surface area contributed by atoms with Gasteiger partial charge in [-0.1, -0.05) is 0 Å². The van der Waals surface area contributed by atoms with Crippen LogP contribution in [0.25, 0.3) is 0 Å². The van der Waals surface area contributed by atoms with Crippen molar-refractivity contribution in [2.45, 2.75) is 43.6 Å².